The summed E-state index contributed by atoms with van der Waals surface area (Å²) in [7, 11) is 0. The number of nitrogen functional groups attached to an aromatic ring is 1. The van der Waals surface area contributed by atoms with Gasteiger partial charge in [0.15, 0.2) is 5.82 Å². The van der Waals surface area contributed by atoms with Gasteiger partial charge in [-0.25, -0.2) is 0 Å². The highest BCUT2D eigenvalue weighted by Crippen LogP contribution is 2.32. The number of benzene rings is 2. The van der Waals surface area contributed by atoms with Crippen molar-refractivity contribution in [1.29, 1.82) is 0 Å². The molecule has 1 heterocycles. The molecule has 0 aliphatic heterocycles. The van der Waals surface area contributed by atoms with Gasteiger partial charge in [0.25, 0.3) is 0 Å². The standard InChI is InChI=1S/C13H8Cl3N5/c14-9-5-11(16)12(6-10(9)15)21-13(18-19-20-21)7-2-1-3-8(17)4-7/h1-6H,17H2. The van der Waals surface area contributed by atoms with Crippen LogP contribution >= 0.6 is 34.8 Å². The van der Waals surface area contributed by atoms with Crippen LogP contribution in [0.1, 0.15) is 0 Å². The fraction of sp³-hybridized carbons (Fsp3) is 0. The third-order valence-corrected chi connectivity index (χ3v) is 3.86. The summed E-state index contributed by atoms with van der Waals surface area (Å²) >= 11 is 18.2. The first kappa shape index (κ1) is 14.1. The van der Waals surface area contributed by atoms with E-state index in [0.717, 1.165) is 5.56 Å². The van der Waals surface area contributed by atoms with Crippen molar-refractivity contribution in [3.8, 4) is 17.1 Å². The lowest BCUT2D eigenvalue weighted by molar-refractivity contribution is 0.791. The zero-order chi connectivity index (χ0) is 15.0. The second-order valence-electron chi connectivity index (χ2n) is 4.26. The predicted molar refractivity (Wildman–Crippen MR) is 84.0 cm³/mol. The van der Waals surface area contributed by atoms with Crippen LogP contribution in [0.4, 0.5) is 5.69 Å². The zero-order valence-corrected chi connectivity index (χ0v) is 12.7. The van der Waals surface area contributed by atoms with Gasteiger partial charge >= 0.3 is 0 Å². The predicted octanol–water partition coefficient (Wildman–Crippen LogP) is 3.87. The third kappa shape index (κ3) is 2.68. The van der Waals surface area contributed by atoms with Gasteiger partial charge in [0.1, 0.15) is 0 Å². The van der Waals surface area contributed by atoms with E-state index in [1.807, 2.05) is 12.1 Å². The summed E-state index contributed by atoms with van der Waals surface area (Å²) in [4.78, 5) is 0. The van der Waals surface area contributed by atoms with Crippen LogP contribution in [0.2, 0.25) is 15.1 Å². The Morgan fingerprint density at radius 1 is 0.952 bits per heavy atom. The fourth-order valence-electron chi connectivity index (χ4n) is 1.88. The Bertz CT molecular complexity index is 815. The van der Waals surface area contributed by atoms with Gasteiger partial charge in [0.2, 0.25) is 0 Å². The SMILES string of the molecule is Nc1cccc(-c2nnnn2-c2cc(Cl)c(Cl)cc2Cl)c1. The summed E-state index contributed by atoms with van der Waals surface area (Å²) in [6.45, 7) is 0. The minimum absolute atomic E-state index is 0.365. The van der Waals surface area contributed by atoms with Gasteiger partial charge < -0.3 is 5.73 Å². The van der Waals surface area contributed by atoms with E-state index in [2.05, 4.69) is 15.5 Å². The molecule has 2 N–H and O–H groups in total. The van der Waals surface area contributed by atoms with E-state index in [0.29, 0.717) is 32.3 Å². The number of aromatic nitrogens is 4. The van der Waals surface area contributed by atoms with Gasteiger partial charge in [-0.15, -0.1) is 5.10 Å². The zero-order valence-electron chi connectivity index (χ0n) is 10.5. The van der Waals surface area contributed by atoms with Crippen molar-refractivity contribution in [3.63, 3.8) is 0 Å². The van der Waals surface area contributed by atoms with Crippen LogP contribution in [0.3, 0.4) is 0 Å². The van der Waals surface area contributed by atoms with Crippen LogP contribution in [0.5, 0.6) is 0 Å². The summed E-state index contributed by atoms with van der Waals surface area (Å²) in [5.74, 6) is 0.502. The second-order valence-corrected chi connectivity index (χ2v) is 5.48. The number of halogens is 3. The molecule has 3 aromatic rings. The Morgan fingerprint density at radius 2 is 1.71 bits per heavy atom. The Balaban J connectivity index is 2.18. The maximum absolute atomic E-state index is 6.20. The van der Waals surface area contributed by atoms with E-state index >= 15 is 0 Å². The van der Waals surface area contributed by atoms with Crippen molar-refractivity contribution in [2.24, 2.45) is 0 Å². The van der Waals surface area contributed by atoms with Crippen molar-refractivity contribution in [1.82, 2.24) is 20.2 Å². The average molecular weight is 341 g/mol. The lowest BCUT2D eigenvalue weighted by atomic mass is 10.2. The van der Waals surface area contributed by atoms with Crippen LogP contribution in [0.15, 0.2) is 36.4 Å². The number of nitrogens with two attached hydrogens (primary N) is 1. The maximum atomic E-state index is 6.20. The summed E-state index contributed by atoms with van der Waals surface area (Å²) in [6.07, 6.45) is 0. The highest BCUT2D eigenvalue weighted by atomic mass is 35.5. The first-order chi connectivity index (χ1) is 10.1. The molecular formula is C13H8Cl3N5. The molecule has 21 heavy (non-hydrogen) atoms. The molecule has 0 spiro atoms. The minimum Gasteiger partial charge on any atom is -0.399 e. The summed E-state index contributed by atoms with van der Waals surface area (Å²) in [5, 5.41) is 12.8. The molecule has 1 aromatic heterocycles. The van der Waals surface area contributed by atoms with Crippen molar-refractivity contribution in [3.05, 3.63) is 51.5 Å². The number of rotatable bonds is 2. The molecule has 0 saturated heterocycles. The second kappa shape index (κ2) is 5.52. The number of hydrogen-bond acceptors (Lipinski definition) is 4. The first-order valence-electron chi connectivity index (χ1n) is 5.85. The molecule has 106 valence electrons. The molecule has 0 aliphatic rings. The van der Waals surface area contributed by atoms with E-state index in [9.17, 15) is 0 Å². The van der Waals surface area contributed by atoms with E-state index in [4.69, 9.17) is 40.5 Å². The van der Waals surface area contributed by atoms with Gasteiger partial charge in [-0.3, -0.25) is 0 Å². The number of tetrazole rings is 1. The normalized spacial score (nSPS) is 10.8. The highest BCUT2D eigenvalue weighted by molar-refractivity contribution is 6.43. The van der Waals surface area contributed by atoms with Crippen LogP contribution in [0, 0.1) is 0 Å². The molecule has 0 atom stereocenters. The van der Waals surface area contributed by atoms with Crippen LogP contribution in [0.25, 0.3) is 17.1 Å². The van der Waals surface area contributed by atoms with Crippen LogP contribution in [-0.2, 0) is 0 Å². The van der Waals surface area contributed by atoms with E-state index in [-0.39, 0.29) is 0 Å². The average Bonchev–Trinajstić information content (AvgIpc) is 2.92. The lowest BCUT2D eigenvalue weighted by Crippen LogP contribution is -2.01. The Labute approximate surface area is 135 Å². The number of hydrogen-bond donors (Lipinski definition) is 1. The van der Waals surface area contributed by atoms with Gasteiger partial charge in [0.05, 0.1) is 20.8 Å². The van der Waals surface area contributed by atoms with Crippen LogP contribution < -0.4 is 5.73 Å². The third-order valence-electron chi connectivity index (χ3n) is 2.83. The molecular weight excluding hydrogens is 333 g/mol. The highest BCUT2D eigenvalue weighted by Gasteiger charge is 2.15. The number of anilines is 1. The largest absolute Gasteiger partial charge is 0.399 e. The summed E-state index contributed by atoms with van der Waals surface area (Å²) < 4.78 is 1.49. The quantitative estimate of drug-likeness (QED) is 0.568. The molecule has 5 nitrogen and oxygen atoms in total. The summed E-state index contributed by atoms with van der Waals surface area (Å²) in [5.41, 5.74) is 7.70. The minimum atomic E-state index is 0.365. The molecule has 0 bridgehead atoms. The van der Waals surface area contributed by atoms with Crippen LogP contribution in [-0.4, -0.2) is 20.2 Å². The first-order valence-corrected chi connectivity index (χ1v) is 6.99. The van der Waals surface area contributed by atoms with E-state index in [1.54, 1.807) is 24.3 Å². The lowest BCUT2D eigenvalue weighted by Gasteiger charge is -2.08. The maximum Gasteiger partial charge on any atom is 0.187 e. The van der Waals surface area contributed by atoms with Crippen molar-refractivity contribution < 1.29 is 0 Å². The Hall–Kier alpha value is -1.82. The summed E-state index contributed by atoms with van der Waals surface area (Å²) in [6, 6.07) is 10.4. The molecule has 0 aliphatic carbocycles. The van der Waals surface area contributed by atoms with Crippen molar-refractivity contribution in [2.45, 2.75) is 0 Å². The molecule has 0 amide bonds. The molecule has 0 fully saturated rings. The van der Waals surface area contributed by atoms with Gasteiger partial charge in [-0.2, -0.15) is 4.68 Å². The van der Waals surface area contributed by atoms with Gasteiger partial charge in [-0.05, 0) is 34.7 Å². The molecule has 2 aromatic carbocycles. The molecule has 0 saturated carbocycles. The molecule has 0 radical (unpaired) electrons. The van der Waals surface area contributed by atoms with Gasteiger partial charge in [0, 0.05) is 11.3 Å². The van der Waals surface area contributed by atoms with Gasteiger partial charge in [-0.1, -0.05) is 46.9 Å². The monoisotopic (exact) mass is 339 g/mol. The Kier molecular flexibility index (Phi) is 3.71. The van der Waals surface area contributed by atoms with Crippen molar-refractivity contribution in [2.75, 3.05) is 5.73 Å². The molecule has 8 heteroatoms. The topological polar surface area (TPSA) is 69.6 Å². The van der Waals surface area contributed by atoms with E-state index < -0.39 is 0 Å². The van der Waals surface area contributed by atoms with Crippen molar-refractivity contribution >= 4 is 40.5 Å². The fourth-order valence-corrected chi connectivity index (χ4v) is 2.50. The molecule has 3 rings (SSSR count). The molecule has 0 unspecified atom stereocenters. The smallest absolute Gasteiger partial charge is 0.187 e. The van der Waals surface area contributed by atoms with E-state index in [1.165, 1.54) is 4.68 Å². The Morgan fingerprint density at radius 3 is 2.48 bits per heavy atom. The number of nitrogens with zero attached hydrogens (tertiary/aromatic N) is 4.